The first-order valence-corrected chi connectivity index (χ1v) is 3.82. The molecule has 0 saturated carbocycles. The van der Waals surface area contributed by atoms with Crippen molar-refractivity contribution in [3.63, 3.8) is 0 Å². The van der Waals surface area contributed by atoms with Crippen LogP contribution in [0.4, 0.5) is 5.82 Å². The van der Waals surface area contributed by atoms with E-state index in [2.05, 4.69) is 9.84 Å². The maximum Gasteiger partial charge on any atom is 0.389 e. The van der Waals surface area contributed by atoms with Crippen molar-refractivity contribution in [2.24, 2.45) is 0 Å². The van der Waals surface area contributed by atoms with E-state index in [9.17, 15) is 14.9 Å². The molecule has 0 amide bonds. The SMILES string of the molecule is COCC(=O)Cn1ccc([N+](=O)[O-])n1. The van der Waals surface area contributed by atoms with E-state index >= 15 is 0 Å². The van der Waals surface area contributed by atoms with Gasteiger partial charge in [-0.15, -0.1) is 0 Å². The minimum atomic E-state index is -0.614. The summed E-state index contributed by atoms with van der Waals surface area (Å²) in [6.07, 6.45) is 1.38. The van der Waals surface area contributed by atoms with Gasteiger partial charge in [0.1, 0.15) is 13.2 Å². The van der Waals surface area contributed by atoms with Gasteiger partial charge in [0.05, 0.1) is 17.4 Å². The zero-order valence-corrected chi connectivity index (χ0v) is 7.54. The normalized spacial score (nSPS) is 10.1. The third kappa shape index (κ3) is 2.63. The van der Waals surface area contributed by atoms with Crippen LogP contribution in [0.15, 0.2) is 12.3 Å². The molecule has 0 saturated heterocycles. The van der Waals surface area contributed by atoms with E-state index in [1.54, 1.807) is 0 Å². The molecule has 1 aromatic rings. The molecule has 0 N–H and O–H groups in total. The smallest absolute Gasteiger partial charge is 0.377 e. The fourth-order valence-electron chi connectivity index (χ4n) is 0.924. The molecule has 1 aromatic heterocycles. The highest BCUT2D eigenvalue weighted by Gasteiger charge is 2.12. The summed E-state index contributed by atoms with van der Waals surface area (Å²) in [5.41, 5.74) is 0. The minimum Gasteiger partial charge on any atom is -0.377 e. The van der Waals surface area contributed by atoms with Crippen LogP contribution in [0.1, 0.15) is 0 Å². The second-order valence-electron chi connectivity index (χ2n) is 2.60. The van der Waals surface area contributed by atoms with E-state index < -0.39 is 4.92 Å². The summed E-state index contributed by atoms with van der Waals surface area (Å²) in [7, 11) is 1.41. The molecule has 0 bridgehead atoms. The number of ketones is 1. The molecular weight excluding hydrogens is 190 g/mol. The largest absolute Gasteiger partial charge is 0.389 e. The van der Waals surface area contributed by atoms with Crippen LogP contribution >= 0.6 is 0 Å². The molecule has 0 fully saturated rings. The lowest BCUT2D eigenvalue weighted by molar-refractivity contribution is -0.389. The number of Topliss-reactive ketones (excluding diaryl/α,β-unsaturated/α-hetero) is 1. The Labute approximate surface area is 79.4 Å². The maximum absolute atomic E-state index is 11.0. The zero-order chi connectivity index (χ0) is 10.6. The third-order valence-electron chi connectivity index (χ3n) is 1.46. The molecule has 0 aromatic carbocycles. The van der Waals surface area contributed by atoms with Gasteiger partial charge in [0.2, 0.25) is 0 Å². The van der Waals surface area contributed by atoms with Crippen LogP contribution in [0.3, 0.4) is 0 Å². The number of carbonyl (C=O) groups is 1. The van der Waals surface area contributed by atoms with Gasteiger partial charge < -0.3 is 14.9 Å². The molecular formula is C7H9N3O4. The van der Waals surface area contributed by atoms with Crippen molar-refractivity contribution in [2.75, 3.05) is 13.7 Å². The van der Waals surface area contributed by atoms with E-state index in [0.29, 0.717) is 0 Å². The van der Waals surface area contributed by atoms with Crippen molar-refractivity contribution in [2.45, 2.75) is 6.54 Å². The number of ether oxygens (including phenoxy) is 1. The fraction of sp³-hybridized carbons (Fsp3) is 0.429. The van der Waals surface area contributed by atoms with Gasteiger partial charge in [0.25, 0.3) is 0 Å². The average molecular weight is 199 g/mol. The van der Waals surface area contributed by atoms with Crippen LogP contribution in [0.5, 0.6) is 0 Å². The fourth-order valence-corrected chi connectivity index (χ4v) is 0.924. The lowest BCUT2D eigenvalue weighted by atomic mass is 10.4. The lowest BCUT2D eigenvalue weighted by Gasteiger charge is -1.95. The van der Waals surface area contributed by atoms with Crippen LogP contribution in [0.25, 0.3) is 0 Å². The summed E-state index contributed by atoms with van der Waals surface area (Å²) in [5, 5.41) is 13.8. The monoisotopic (exact) mass is 199 g/mol. The first-order valence-electron chi connectivity index (χ1n) is 3.82. The molecule has 0 unspecified atom stereocenters. The van der Waals surface area contributed by atoms with Gasteiger partial charge in [-0.25, -0.2) is 0 Å². The van der Waals surface area contributed by atoms with Gasteiger partial charge in [-0.1, -0.05) is 0 Å². The van der Waals surface area contributed by atoms with E-state index in [1.807, 2.05) is 0 Å². The quantitative estimate of drug-likeness (QED) is 0.492. The molecule has 7 nitrogen and oxygen atoms in total. The number of hydrogen-bond acceptors (Lipinski definition) is 5. The van der Waals surface area contributed by atoms with Crippen LogP contribution in [-0.4, -0.2) is 34.2 Å². The van der Waals surface area contributed by atoms with Gasteiger partial charge in [-0.3, -0.25) is 4.79 Å². The van der Waals surface area contributed by atoms with Crippen LogP contribution < -0.4 is 0 Å². The van der Waals surface area contributed by atoms with Crippen molar-refractivity contribution < 1.29 is 14.5 Å². The number of hydrogen-bond donors (Lipinski definition) is 0. The minimum absolute atomic E-state index is 0.0122. The van der Waals surface area contributed by atoms with Gasteiger partial charge >= 0.3 is 5.82 Å². The predicted octanol–water partition coefficient (Wildman–Crippen LogP) is 0.00680. The van der Waals surface area contributed by atoms with Gasteiger partial charge in [0.15, 0.2) is 5.78 Å². The van der Waals surface area contributed by atoms with Crippen LogP contribution in [0, 0.1) is 10.1 Å². The van der Waals surface area contributed by atoms with Crippen molar-refractivity contribution >= 4 is 11.6 Å². The average Bonchev–Trinajstić information content (AvgIpc) is 2.53. The molecule has 0 aliphatic carbocycles. The summed E-state index contributed by atoms with van der Waals surface area (Å²) in [6, 6.07) is 1.24. The summed E-state index contributed by atoms with van der Waals surface area (Å²) in [6.45, 7) is -0.0324. The first-order chi connectivity index (χ1) is 6.63. The number of methoxy groups -OCH3 is 1. The topological polar surface area (TPSA) is 87.3 Å². The Morgan fingerprint density at radius 1 is 1.79 bits per heavy atom. The molecule has 1 heterocycles. The van der Waals surface area contributed by atoms with Crippen LogP contribution in [0.2, 0.25) is 0 Å². The van der Waals surface area contributed by atoms with Crippen molar-refractivity contribution in [3.8, 4) is 0 Å². The Balaban J connectivity index is 2.59. The molecule has 0 atom stereocenters. The summed E-state index contributed by atoms with van der Waals surface area (Å²) < 4.78 is 5.81. The molecule has 14 heavy (non-hydrogen) atoms. The Bertz CT molecular complexity index is 346. The highest BCUT2D eigenvalue weighted by molar-refractivity contribution is 5.79. The number of aromatic nitrogens is 2. The summed E-state index contributed by atoms with van der Waals surface area (Å²) in [4.78, 5) is 20.7. The Morgan fingerprint density at radius 3 is 3.00 bits per heavy atom. The molecule has 0 aliphatic heterocycles. The number of rotatable bonds is 5. The lowest BCUT2D eigenvalue weighted by Crippen LogP contribution is -2.15. The van der Waals surface area contributed by atoms with Crippen molar-refractivity contribution in [1.82, 2.24) is 9.78 Å². The Morgan fingerprint density at radius 2 is 2.50 bits per heavy atom. The van der Waals surface area contributed by atoms with Crippen LogP contribution in [-0.2, 0) is 16.1 Å². The number of nitrogens with zero attached hydrogens (tertiary/aromatic N) is 3. The Hall–Kier alpha value is -1.76. The highest BCUT2D eigenvalue weighted by atomic mass is 16.6. The first kappa shape index (κ1) is 10.3. The second kappa shape index (κ2) is 4.47. The van der Waals surface area contributed by atoms with Crippen molar-refractivity contribution in [3.05, 3.63) is 22.4 Å². The summed E-state index contributed by atoms with van der Waals surface area (Å²) in [5.74, 6) is -0.458. The second-order valence-corrected chi connectivity index (χ2v) is 2.60. The van der Waals surface area contributed by atoms with Crippen molar-refractivity contribution in [1.29, 1.82) is 0 Å². The Kier molecular flexibility index (Phi) is 3.29. The molecule has 0 aliphatic rings. The van der Waals surface area contributed by atoms with Gasteiger partial charge in [-0.2, -0.15) is 4.68 Å². The van der Waals surface area contributed by atoms with Gasteiger partial charge in [-0.05, 0) is 4.92 Å². The van der Waals surface area contributed by atoms with E-state index in [1.165, 1.54) is 24.1 Å². The van der Waals surface area contributed by atoms with Gasteiger partial charge in [0, 0.05) is 7.11 Å². The molecule has 0 radical (unpaired) electrons. The molecule has 0 spiro atoms. The van der Waals surface area contributed by atoms with E-state index in [0.717, 1.165) is 0 Å². The number of nitro groups is 1. The van der Waals surface area contributed by atoms with E-state index in [4.69, 9.17) is 0 Å². The number of carbonyl (C=O) groups excluding carboxylic acids is 1. The molecule has 76 valence electrons. The maximum atomic E-state index is 11.0. The zero-order valence-electron chi connectivity index (χ0n) is 7.54. The summed E-state index contributed by atoms with van der Waals surface area (Å²) >= 11 is 0. The molecule has 7 heteroatoms. The van der Waals surface area contributed by atoms with E-state index in [-0.39, 0.29) is 24.8 Å². The third-order valence-corrected chi connectivity index (χ3v) is 1.46. The molecule has 1 rings (SSSR count). The standard InChI is InChI=1S/C7H9N3O4/c1-14-5-6(11)4-9-3-2-7(8-9)10(12)13/h2-3H,4-5H2,1H3. The predicted molar refractivity (Wildman–Crippen MR) is 45.8 cm³/mol. The highest BCUT2D eigenvalue weighted by Crippen LogP contribution is 2.04.